The van der Waals surface area contributed by atoms with Crippen molar-refractivity contribution >= 4 is 38.1 Å². The van der Waals surface area contributed by atoms with Gasteiger partial charge in [0.05, 0.1) is 17.6 Å². The molecule has 0 radical (unpaired) electrons. The first-order valence-corrected chi connectivity index (χ1v) is 11.5. The monoisotopic (exact) mass is 413 g/mol. The molecule has 0 fully saturated rings. The van der Waals surface area contributed by atoms with Gasteiger partial charge in [0.1, 0.15) is 0 Å². The van der Waals surface area contributed by atoms with Gasteiger partial charge in [0.25, 0.3) is 5.91 Å². The van der Waals surface area contributed by atoms with Gasteiger partial charge in [0.2, 0.25) is 10.0 Å². The van der Waals surface area contributed by atoms with Gasteiger partial charge in [0.15, 0.2) is 5.13 Å². The second-order valence-corrected chi connectivity index (χ2v) is 9.55. The van der Waals surface area contributed by atoms with Gasteiger partial charge in [0, 0.05) is 23.1 Å². The summed E-state index contributed by atoms with van der Waals surface area (Å²) in [5, 5.41) is 5.27. The summed E-state index contributed by atoms with van der Waals surface area (Å²) in [4.78, 5) is 17.1. The molecule has 28 heavy (non-hydrogen) atoms. The van der Waals surface area contributed by atoms with Crippen LogP contribution in [0.1, 0.15) is 21.5 Å². The highest BCUT2D eigenvalue weighted by Gasteiger charge is 2.26. The van der Waals surface area contributed by atoms with E-state index in [1.807, 2.05) is 36.6 Å². The molecule has 0 saturated carbocycles. The molecule has 0 aliphatic carbocycles. The van der Waals surface area contributed by atoms with E-state index in [9.17, 15) is 13.2 Å². The summed E-state index contributed by atoms with van der Waals surface area (Å²) in [5.41, 5.74) is 4.99. The van der Waals surface area contributed by atoms with Crippen molar-refractivity contribution in [3.05, 3.63) is 64.5 Å². The van der Waals surface area contributed by atoms with E-state index in [0.29, 0.717) is 29.3 Å². The van der Waals surface area contributed by atoms with Gasteiger partial charge < -0.3 is 0 Å². The summed E-state index contributed by atoms with van der Waals surface area (Å²) in [6.07, 6.45) is 1.79. The molecule has 0 spiro atoms. The summed E-state index contributed by atoms with van der Waals surface area (Å²) in [5.74, 6) is -0.259. The van der Waals surface area contributed by atoms with Crippen LogP contribution in [0.4, 0.5) is 10.8 Å². The van der Waals surface area contributed by atoms with Crippen molar-refractivity contribution in [3.63, 3.8) is 0 Å². The Labute approximate surface area is 167 Å². The van der Waals surface area contributed by atoms with Crippen LogP contribution in [-0.4, -0.2) is 32.1 Å². The van der Waals surface area contributed by atoms with E-state index >= 15 is 0 Å². The quantitative estimate of drug-likeness (QED) is 0.707. The number of nitrogens with zero attached hydrogens (tertiary/aromatic N) is 2. The lowest BCUT2D eigenvalue weighted by Gasteiger charge is -2.16. The van der Waals surface area contributed by atoms with E-state index < -0.39 is 10.0 Å². The third kappa shape index (κ3) is 3.65. The molecule has 1 N–H and O–H groups in total. The van der Waals surface area contributed by atoms with Crippen LogP contribution in [0.25, 0.3) is 11.3 Å². The van der Waals surface area contributed by atoms with Crippen molar-refractivity contribution in [2.75, 3.05) is 22.4 Å². The first kappa shape index (κ1) is 18.6. The van der Waals surface area contributed by atoms with Crippen molar-refractivity contribution in [2.24, 2.45) is 0 Å². The van der Waals surface area contributed by atoms with Crippen molar-refractivity contribution in [1.82, 2.24) is 4.98 Å². The lowest BCUT2D eigenvalue weighted by Crippen LogP contribution is -2.27. The number of carbonyl (C=O) groups excluding carboxylic acids is 1. The Morgan fingerprint density at radius 1 is 1.18 bits per heavy atom. The van der Waals surface area contributed by atoms with Crippen LogP contribution in [0.3, 0.4) is 0 Å². The number of benzene rings is 2. The topological polar surface area (TPSA) is 79.4 Å². The van der Waals surface area contributed by atoms with E-state index in [-0.39, 0.29) is 5.91 Å². The summed E-state index contributed by atoms with van der Waals surface area (Å²) >= 11 is 1.37. The third-order valence-corrected chi connectivity index (χ3v) is 6.60. The van der Waals surface area contributed by atoms with Crippen molar-refractivity contribution in [1.29, 1.82) is 0 Å². The molecule has 1 aromatic heterocycles. The van der Waals surface area contributed by atoms with Crippen LogP contribution in [0.15, 0.2) is 47.8 Å². The van der Waals surface area contributed by atoms with Crippen LogP contribution in [0.2, 0.25) is 0 Å². The molecule has 0 bridgehead atoms. The van der Waals surface area contributed by atoms with E-state index in [4.69, 9.17) is 0 Å². The predicted molar refractivity (Wildman–Crippen MR) is 113 cm³/mol. The lowest BCUT2D eigenvalue weighted by atomic mass is 10.1. The number of amides is 1. The molecular formula is C20H19N3O3S2. The number of carbonyl (C=O) groups is 1. The predicted octanol–water partition coefficient (Wildman–Crippen LogP) is 3.69. The van der Waals surface area contributed by atoms with Crippen molar-refractivity contribution in [2.45, 2.75) is 13.3 Å². The van der Waals surface area contributed by atoms with Gasteiger partial charge in [-0.2, -0.15) is 0 Å². The molecule has 1 aliphatic rings. The SMILES string of the molecule is Cc1ccc(-c2csc(NC(=O)c3ccc4c(c3)CCN4S(C)(=O)=O)n2)cc1. The van der Waals surface area contributed by atoms with Crippen LogP contribution in [-0.2, 0) is 16.4 Å². The van der Waals surface area contributed by atoms with E-state index in [1.54, 1.807) is 18.2 Å². The van der Waals surface area contributed by atoms with Gasteiger partial charge in [-0.3, -0.25) is 14.4 Å². The summed E-state index contributed by atoms with van der Waals surface area (Å²) in [6, 6.07) is 13.1. The number of anilines is 2. The molecule has 144 valence electrons. The average molecular weight is 414 g/mol. The number of rotatable bonds is 4. The van der Waals surface area contributed by atoms with E-state index in [1.165, 1.54) is 27.5 Å². The number of hydrogen-bond donors (Lipinski definition) is 1. The number of aromatic nitrogens is 1. The van der Waals surface area contributed by atoms with Gasteiger partial charge in [-0.05, 0) is 37.1 Å². The summed E-state index contributed by atoms with van der Waals surface area (Å²) in [7, 11) is -3.30. The first-order valence-electron chi connectivity index (χ1n) is 8.76. The lowest BCUT2D eigenvalue weighted by molar-refractivity contribution is 0.102. The Morgan fingerprint density at radius 3 is 2.64 bits per heavy atom. The molecule has 4 rings (SSSR count). The average Bonchev–Trinajstić information content (AvgIpc) is 3.28. The first-order chi connectivity index (χ1) is 13.3. The Balaban J connectivity index is 1.51. The number of hydrogen-bond acceptors (Lipinski definition) is 5. The minimum atomic E-state index is -3.30. The van der Waals surface area contributed by atoms with Crippen LogP contribution in [0.5, 0.6) is 0 Å². The van der Waals surface area contributed by atoms with Crippen LogP contribution in [0, 0.1) is 6.92 Å². The molecule has 8 heteroatoms. The Morgan fingerprint density at radius 2 is 1.93 bits per heavy atom. The molecule has 2 heterocycles. The fourth-order valence-electron chi connectivity index (χ4n) is 3.21. The Hall–Kier alpha value is -2.71. The van der Waals surface area contributed by atoms with Gasteiger partial charge in [-0.1, -0.05) is 29.8 Å². The minimum Gasteiger partial charge on any atom is -0.298 e. The van der Waals surface area contributed by atoms with Gasteiger partial charge in [-0.15, -0.1) is 11.3 Å². The Bertz CT molecular complexity index is 1150. The number of nitrogens with one attached hydrogen (secondary N) is 1. The number of aryl methyl sites for hydroxylation is 1. The second-order valence-electron chi connectivity index (χ2n) is 6.79. The van der Waals surface area contributed by atoms with E-state index in [0.717, 1.165) is 16.8 Å². The number of fused-ring (bicyclic) bond motifs is 1. The minimum absolute atomic E-state index is 0.259. The smallest absolute Gasteiger partial charge is 0.257 e. The zero-order valence-electron chi connectivity index (χ0n) is 15.5. The maximum Gasteiger partial charge on any atom is 0.257 e. The number of sulfonamides is 1. The molecule has 3 aromatic rings. The highest BCUT2D eigenvalue weighted by atomic mass is 32.2. The highest BCUT2D eigenvalue weighted by molar-refractivity contribution is 7.92. The molecule has 1 aliphatic heterocycles. The van der Waals surface area contributed by atoms with Crippen molar-refractivity contribution in [3.8, 4) is 11.3 Å². The maximum absolute atomic E-state index is 12.6. The highest BCUT2D eigenvalue weighted by Crippen LogP contribution is 2.31. The molecule has 2 aromatic carbocycles. The second kappa shape index (κ2) is 7.03. The van der Waals surface area contributed by atoms with Crippen LogP contribution >= 0.6 is 11.3 Å². The molecule has 0 unspecified atom stereocenters. The van der Waals surface area contributed by atoms with Crippen LogP contribution < -0.4 is 9.62 Å². The molecular weight excluding hydrogens is 394 g/mol. The fourth-order valence-corrected chi connectivity index (χ4v) is 4.89. The fraction of sp³-hybridized carbons (Fsp3) is 0.200. The molecule has 0 saturated heterocycles. The molecule has 1 amide bonds. The largest absolute Gasteiger partial charge is 0.298 e. The molecule has 6 nitrogen and oxygen atoms in total. The van der Waals surface area contributed by atoms with Gasteiger partial charge in [-0.25, -0.2) is 13.4 Å². The normalized spacial score (nSPS) is 13.4. The standard InChI is InChI=1S/C20H19N3O3S2/c1-13-3-5-14(6-4-13)17-12-27-20(21-17)22-19(24)16-7-8-18-15(11-16)9-10-23(18)28(2,25)26/h3-8,11-12H,9-10H2,1-2H3,(H,21,22,24). The molecule has 0 atom stereocenters. The zero-order chi connectivity index (χ0) is 19.9. The zero-order valence-corrected chi connectivity index (χ0v) is 17.1. The third-order valence-electron chi connectivity index (χ3n) is 4.67. The van der Waals surface area contributed by atoms with Crippen molar-refractivity contribution < 1.29 is 13.2 Å². The Kier molecular flexibility index (Phi) is 4.68. The van der Waals surface area contributed by atoms with Gasteiger partial charge >= 0.3 is 0 Å². The van der Waals surface area contributed by atoms with E-state index in [2.05, 4.69) is 10.3 Å². The summed E-state index contributed by atoms with van der Waals surface area (Å²) < 4.78 is 25.0. The maximum atomic E-state index is 12.6. The summed E-state index contributed by atoms with van der Waals surface area (Å²) in [6.45, 7) is 2.44. The number of thiazole rings is 1.